The fourth-order valence-corrected chi connectivity index (χ4v) is 6.94. The van der Waals surface area contributed by atoms with Crippen LogP contribution in [0.4, 0.5) is 0 Å². The number of rotatable bonds is 23. The number of ketones is 2. The number of hydrogen-bond donors (Lipinski definition) is 0. The summed E-state index contributed by atoms with van der Waals surface area (Å²) in [6.07, 6.45) is 2.90. The first-order chi connectivity index (χ1) is 27.6. The SMILES string of the molecule is C.CC[C@H](C(=O)N1CCCC[C@H]1C(=O)O[C@H](CCc1ccc(OC)c(OC)c1)c1ccccc1OCC(=O)CCOCCC(C)=O)c1cc(OC)c(OC)c(OC)c1. The molecule has 1 heterocycles. The van der Waals surface area contributed by atoms with E-state index in [1.54, 1.807) is 43.4 Å². The summed E-state index contributed by atoms with van der Waals surface area (Å²) in [5.74, 6) is 1.41. The van der Waals surface area contributed by atoms with Crippen molar-refractivity contribution in [3.05, 3.63) is 71.3 Å². The molecule has 3 atom stereocenters. The Bertz CT molecular complexity index is 1780. The molecule has 3 aromatic carbocycles. The van der Waals surface area contributed by atoms with Gasteiger partial charge in [-0.2, -0.15) is 0 Å². The highest BCUT2D eigenvalue weighted by molar-refractivity contribution is 5.89. The number of methoxy groups -OCH3 is 5. The highest BCUT2D eigenvalue weighted by atomic mass is 16.6. The predicted octanol–water partition coefficient (Wildman–Crippen LogP) is 7.49. The van der Waals surface area contributed by atoms with E-state index in [-0.39, 0.29) is 51.1 Å². The summed E-state index contributed by atoms with van der Waals surface area (Å²) < 4.78 is 45.5. The Hall–Kier alpha value is -5.30. The third kappa shape index (κ3) is 12.6. The standard InChI is InChI=1S/C44H57NO12.CH4/c1-8-33(31-26-40(52-5)42(54-7)41(27-31)53-6)43(48)45-22-12-11-14-35(45)44(49)57-37(18-16-30-17-19-38(50-3)39(25-30)51-4)34-13-9-10-15-36(34)56-28-32(47)21-24-55-23-20-29(2)46;/h9-10,13,15,17,19,25-27,33,35,37H,8,11-12,14,16,18,20-24,28H2,1-7H3;1H4/t33-,35-,37+;/m0./s1. The Morgan fingerprint density at radius 3 is 2.09 bits per heavy atom. The molecule has 0 bridgehead atoms. The number of esters is 1. The summed E-state index contributed by atoms with van der Waals surface area (Å²) in [6.45, 7) is 4.04. The van der Waals surface area contributed by atoms with Crippen molar-refractivity contribution in [3.8, 4) is 34.5 Å². The van der Waals surface area contributed by atoms with Crippen molar-refractivity contribution in [1.29, 1.82) is 0 Å². The van der Waals surface area contributed by atoms with Crippen LogP contribution in [0.3, 0.4) is 0 Å². The molecule has 1 aliphatic heterocycles. The molecule has 0 aromatic heterocycles. The molecule has 0 radical (unpaired) electrons. The van der Waals surface area contributed by atoms with Gasteiger partial charge in [0.25, 0.3) is 0 Å². The molecular formula is C45H61NO12. The van der Waals surface area contributed by atoms with Crippen LogP contribution in [-0.2, 0) is 35.1 Å². The molecule has 1 saturated heterocycles. The number of benzene rings is 3. The number of hydrogen-bond acceptors (Lipinski definition) is 12. The van der Waals surface area contributed by atoms with Crippen LogP contribution in [0.15, 0.2) is 54.6 Å². The van der Waals surface area contributed by atoms with Gasteiger partial charge in [0.1, 0.15) is 30.3 Å². The van der Waals surface area contributed by atoms with Gasteiger partial charge in [-0.3, -0.25) is 14.4 Å². The van der Waals surface area contributed by atoms with E-state index in [2.05, 4.69) is 0 Å². The zero-order valence-electron chi connectivity index (χ0n) is 34.3. The molecule has 3 aromatic rings. The lowest BCUT2D eigenvalue weighted by molar-refractivity contribution is -0.162. The van der Waals surface area contributed by atoms with E-state index >= 15 is 0 Å². The van der Waals surface area contributed by atoms with Gasteiger partial charge in [-0.05, 0) is 86.9 Å². The van der Waals surface area contributed by atoms with Gasteiger partial charge in [0.2, 0.25) is 11.7 Å². The molecule has 13 heteroatoms. The fraction of sp³-hybridized carbons (Fsp3) is 0.511. The minimum atomic E-state index is -0.816. The second kappa shape index (κ2) is 23.8. The van der Waals surface area contributed by atoms with Crippen molar-refractivity contribution in [2.24, 2.45) is 0 Å². The highest BCUT2D eigenvalue weighted by Crippen LogP contribution is 2.42. The van der Waals surface area contributed by atoms with Gasteiger partial charge < -0.3 is 42.8 Å². The van der Waals surface area contributed by atoms with Gasteiger partial charge in [-0.15, -0.1) is 0 Å². The summed E-state index contributed by atoms with van der Waals surface area (Å²) >= 11 is 0. The zero-order chi connectivity index (χ0) is 41.3. The topological polar surface area (TPSA) is 145 Å². The molecule has 1 fully saturated rings. The average molecular weight is 808 g/mol. The molecule has 0 spiro atoms. The van der Waals surface area contributed by atoms with Crippen LogP contribution in [0, 0.1) is 0 Å². The van der Waals surface area contributed by atoms with E-state index in [0.29, 0.717) is 84.3 Å². The summed E-state index contributed by atoms with van der Waals surface area (Å²) in [7, 11) is 7.72. The molecule has 318 valence electrons. The number of para-hydroxylation sites is 1. The van der Waals surface area contributed by atoms with E-state index in [9.17, 15) is 19.2 Å². The maximum absolute atomic E-state index is 14.4. The third-order valence-corrected chi connectivity index (χ3v) is 10.0. The predicted molar refractivity (Wildman–Crippen MR) is 220 cm³/mol. The van der Waals surface area contributed by atoms with Crippen molar-refractivity contribution in [1.82, 2.24) is 4.90 Å². The molecule has 0 N–H and O–H groups in total. The Morgan fingerprint density at radius 2 is 1.45 bits per heavy atom. The molecule has 1 aliphatic rings. The van der Waals surface area contributed by atoms with Crippen LogP contribution < -0.4 is 28.4 Å². The van der Waals surface area contributed by atoms with Gasteiger partial charge >= 0.3 is 5.97 Å². The van der Waals surface area contributed by atoms with Gasteiger partial charge in [-0.1, -0.05) is 38.6 Å². The van der Waals surface area contributed by atoms with E-state index in [4.69, 9.17) is 37.9 Å². The largest absolute Gasteiger partial charge is 0.493 e. The fourth-order valence-electron chi connectivity index (χ4n) is 6.94. The van der Waals surface area contributed by atoms with Gasteiger partial charge in [0.15, 0.2) is 28.8 Å². The molecule has 0 saturated carbocycles. The Balaban J connectivity index is 0.00000900. The quantitative estimate of drug-likeness (QED) is 0.0691. The number of carbonyl (C=O) groups excluding carboxylic acids is 4. The second-order valence-corrected chi connectivity index (χ2v) is 13.8. The minimum Gasteiger partial charge on any atom is -0.493 e. The molecule has 1 amide bonds. The Labute approximate surface area is 343 Å². The van der Waals surface area contributed by atoms with E-state index in [0.717, 1.165) is 18.4 Å². The lowest BCUT2D eigenvalue weighted by Crippen LogP contribution is -2.50. The van der Waals surface area contributed by atoms with Crippen molar-refractivity contribution < 1.29 is 57.1 Å². The molecule has 4 rings (SSSR count). The van der Waals surface area contributed by atoms with Gasteiger partial charge in [-0.25, -0.2) is 4.79 Å². The van der Waals surface area contributed by atoms with Crippen molar-refractivity contribution in [3.63, 3.8) is 0 Å². The second-order valence-electron chi connectivity index (χ2n) is 13.8. The Morgan fingerprint density at radius 1 is 0.776 bits per heavy atom. The normalized spacial score (nSPS) is 14.6. The number of Topliss-reactive ketones (excluding diaryl/α,β-unsaturated/α-hetero) is 2. The van der Waals surface area contributed by atoms with Crippen LogP contribution in [0.1, 0.15) is 94.9 Å². The van der Waals surface area contributed by atoms with Crippen LogP contribution in [0.25, 0.3) is 0 Å². The lowest BCUT2D eigenvalue weighted by Gasteiger charge is -2.37. The van der Waals surface area contributed by atoms with Crippen molar-refractivity contribution in [2.75, 3.05) is 61.9 Å². The number of aryl methyl sites for hydroxylation is 1. The average Bonchev–Trinajstić information content (AvgIpc) is 3.23. The number of piperidine rings is 1. The number of carbonyl (C=O) groups is 4. The van der Waals surface area contributed by atoms with Crippen LogP contribution in [0.2, 0.25) is 0 Å². The van der Waals surface area contributed by atoms with Crippen LogP contribution in [0.5, 0.6) is 34.5 Å². The summed E-state index contributed by atoms with van der Waals surface area (Å²) in [6, 6.07) is 15.5. The number of ether oxygens (including phenoxy) is 8. The summed E-state index contributed by atoms with van der Waals surface area (Å²) in [5, 5.41) is 0. The smallest absolute Gasteiger partial charge is 0.329 e. The third-order valence-electron chi connectivity index (χ3n) is 10.0. The Kier molecular flexibility index (Phi) is 19.3. The van der Waals surface area contributed by atoms with Gasteiger partial charge in [0, 0.05) is 24.9 Å². The van der Waals surface area contributed by atoms with Crippen LogP contribution >= 0.6 is 0 Å². The van der Waals surface area contributed by atoms with Crippen LogP contribution in [-0.4, -0.2) is 96.3 Å². The molecular weight excluding hydrogens is 746 g/mol. The first kappa shape index (κ1) is 47.1. The number of likely N-dealkylation sites (tertiary alicyclic amines) is 1. The molecule has 0 aliphatic carbocycles. The minimum absolute atomic E-state index is 0. The van der Waals surface area contributed by atoms with Crippen molar-refractivity contribution >= 4 is 23.4 Å². The molecule has 13 nitrogen and oxygen atoms in total. The first-order valence-corrected chi connectivity index (χ1v) is 19.4. The van der Waals surface area contributed by atoms with Gasteiger partial charge in [0.05, 0.1) is 54.7 Å². The highest BCUT2D eigenvalue weighted by Gasteiger charge is 2.38. The number of nitrogens with zero attached hydrogens (tertiary/aromatic N) is 1. The maximum atomic E-state index is 14.4. The van der Waals surface area contributed by atoms with E-state index in [1.807, 2.05) is 37.3 Å². The number of amides is 1. The van der Waals surface area contributed by atoms with E-state index in [1.165, 1.54) is 28.3 Å². The summed E-state index contributed by atoms with van der Waals surface area (Å²) in [5.41, 5.74) is 2.21. The van der Waals surface area contributed by atoms with E-state index < -0.39 is 24.0 Å². The maximum Gasteiger partial charge on any atom is 0.329 e. The zero-order valence-corrected chi connectivity index (χ0v) is 34.3. The molecule has 58 heavy (non-hydrogen) atoms. The molecule has 0 unspecified atom stereocenters. The first-order valence-electron chi connectivity index (χ1n) is 19.4. The summed E-state index contributed by atoms with van der Waals surface area (Å²) in [4.78, 5) is 54.4. The lowest BCUT2D eigenvalue weighted by atomic mass is 9.91. The monoisotopic (exact) mass is 807 g/mol. The van der Waals surface area contributed by atoms with Crippen molar-refractivity contribution in [2.45, 2.75) is 90.7 Å².